The van der Waals surface area contributed by atoms with Gasteiger partial charge in [0.25, 0.3) is 0 Å². The number of morpholine rings is 1. The van der Waals surface area contributed by atoms with Gasteiger partial charge in [0.1, 0.15) is 11.5 Å². The Morgan fingerprint density at radius 1 is 1.19 bits per heavy atom. The summed E-state index contributed by atoms with van der Waals surface area (Å²) in [4.78, 5) is 35.1. The number of hydrogen-bond acceptors (Lipinski definition) is 10. The molecule has 1 fully saturated rings. The van der Waals surface area contributed by atoms with Crippen LogP contribution in [0.1, 0.15) is 31.4 Å². The Labute approximate surface area is 221 Å². The fourth-order valence-corrected chi connectivity index (χ4v) is 5.60. The van der Waals surface area contributed by atoms with Gasteiger partial charge in [-0.3, -0.25) is 9.69 Å². The van der Waals surface area contributed by atoms with Crippen molar-refractivity contribution in [1.82, 2.24) is 15.1 Å². The van der Waals surface area contributed by atoms with Crippen LogP contribution in [0.4, 0.5) is 0 Å². The number of allylic oxidation sites excluding steroid dienone is 1. The van der Waals surface area contributed by atoms with Gasteiger partial charge in [-0.15, -0.1) is 0 Å². The molecule has 1 aromatic rings. The molecule has 0 aromatic heterocycles. The summed E-state index contributed by atoms with van der Waals surface area (Å²) < 4.78 is 21.8. The molecular formula is C26H34N4O6S. The van der Waals surface area contributed by atoms with Gasteiger partial charge in [0.05, 0.1) is 58.3 Å². The number of benzene rings is 1. The molecule has 0 spiro atoms. The van der Waals surface area contributed by atoms with E-state index in [1.807, 2.05) is 29.4 Å². The third-order valence-corrected chi connectivity index (χ3v) is 7.44. The largest absolute Gasteiger partial charge is 0.497 e. The zero-order valence-corrected chi connectivity index (χ0v) is 22.6. The zero-order chi connectivity index (χ0) is 26.4. The molecule has 0 bridgehead atoms. The lowest BCUT2D eigenvalue weighted by Crippen LogP contribution is -2.42. The number of methoxy groups -OCH3 is 3. The second-order valence-electron chi connectivity index (χ2n) is 8.69. The van der Waals surface area contributed by atoms with E-state index >= 15 is 0 Å². The molecule has 3 aliphatic rings. The van der Waals surface area contributed by atoms with Gasteiger partial charge in [-0.1, -0.05) is 18.7 Å². The molecule has 3 heterocycles. The number of ether oxygens (including phenoxy) is 4. The quantitative estimate of drug-likeness (QED) is 0.458. The minimum Gasteiger partial charge on any atom is -0.497 e. The first kappa shape index (κ1) is 27.0. The van der Waals surface area contributed by atoms with E-state index in [4.69, 9.17) is 23.9 Å². The van der Waals surface area contributed by atoms with Crippen LogP contribution in [-0.4, -0.2) is 87.6 Å². The standard InChI is InChI=1S/C26H34N4O6S/c1-5-20-23(25(32)35-4)24(19-15-18(33-2)6-7-21(19)34-3)30-17(16-37-26(30)28-20)14-22(31)27-8-9-29-10-12-36-13-11-29/h6-7,15-16,24H,5,8-14H2,1-4H3,(H,27,31). The number of nitrogens with one attached hydrogen (secondary N) is 1. The van der Waals surface area contributed by atoms with Crippen molar-refractivity contribution in [3.8, 4) is 11.5 Å². The highest BCUT2D eigenvalue weighted by atomic mass is 32.2. The molecule has 1 aromatic carbocycles. The van der Waals surface area contributed by atoms with Gasteiger partial charge in [-0.2, -0.15) is 0 Å². The molecule has 1 N–H and O–H groups in total. The molecule has 200 valence electrons. The van der Waals surface area contributed by atoms with Gasteiger partial charge >= 0.3 is 5.97 Å². The van der Waals surface area contributed by atoms with Crippen molar-refractivity contribution < 1.29 is 28.5 Å². The van der Waals surface area contributed by atoms with Crippen LogP contribution in [0.3, 0.4) is 0 Å². The highest BCUT2D eigenvalue weighted by molar-refractivity contribution is 8.16. The molecule has 0 radical (unpaired) electrons. The summed E-state index contributed by atoms with van der Waals surface area (Å²) in [6.07, 6.45) is 0.691. The van der Waals surface area contributed by atoms with E-state index < -0.39 is 12.0 Å². The first-order valence-electron chi connectivity index (χ1n) is 12.3. The second-order valence-corrected chi connectivity index (χ2v) is 9.52. The maximum Gasteiger partial charge on any atom is 0.338 e. The van der Waals surface area contributed by atoms with Crippen molar-refractivity contribution in [3.63, 3.8) is 0 Å². The van der Waals surface area contributed by atoms with Crippen LogP contribution in [0.5, 0.6) is 11.5 Å². The number of nitrogens with zero attached hydrogens (tertiary/aromatic N) is 3. The third-order valence-electron chi connectivity index (χ3n) is 6.56. The number of amidine groups is 1. The molecule has 11 heteroatoms. The fraction of sp³-hybridized carbons (Fsp3) is 0.500. The smallest absolute Gasteiger partial charge is 0.338 e. The normalized spacial score (nSPS) is 19.7. The Bertz CT molecular complexity index is 1110. The zero-order valence-electron chi connectivity index (χ0n) is 21.7. The Balaban J connectivity index is 1.62. The van der Waals surface area contributed by atoms with E-state index in [-0.39, 0.29) is 12.3 Å². The summed E-state index contributed by atoms with van der Waals surface area (Å²) in [5.74, 6) is 0.652. The summed E-state index contributed by atoms with van der Waals surface area (Å²) in [5.41, 5.74) is 2.53. The second kappa shape index (κ2) is 12.5. The first-order chi connectivity index (χ1) is 18.0. The Morgan fingerprint density at radius 3 is 2.65 bits per heavy atom. The van der Waals surface area contributed by atoms with Crippen LogP contribution < -0.4 is 14.8 Å². The van der Waals surface area contributed by atoms with Crippen LogP contribution in [0.15, 0.2) is 45.6 Å². The highest BCUT2D eigenvalue weighted by Crippen LogP contribution is 2.48. The number of fused-ring (bicyclic) bond motifs is 1. The van der Waals surface area contributed by atoms with E-state index in [1.165, 1.54) is 18.9 Å². The molecule has 37 heavy (non-hydrogen) atoms. The number of carbonyl (C=O) groups is 2. The summed E-state index contributed by atoms with van der Waals surface area (Å²) in [6, 6.07) is 4.87. The number of amides is 1. The summed E-state index contributed by atoms with van der Waals surface area (Å²) >= 11 is 1.44. The summed E-state index contributed by atoms with van der Waals surface area (Å²) in [6.45, 7) is 6.47. The maximum absolute atomic E-state index is 13.1. The molecule has 0 aliphatic carbocycles. The predicted octanol–water partition coefficient (Wildman–Crippen LogP) is 2.68. The van der Waals surface area contributed by atoms with Crippen molar-refractivity contribution in [3.05, 3.63) is 46.1 Å². The van der Waals surface area contributed by atoms with Gasteiger partial charge in [0, 0.05) is 37.4 Å². The van der Waals surface area contributed by atoms with Crippen molar-refractivity contribution in [2.45, 2.75) is 25.8 Å². The Morgan fingerprint density at radius 2 is 1.97 bits per heavy atom. The lowest BCUT2D eigenvalue weighted by atomic mass is 9.92. The molecule has 1 amide bonds. The van der Waals surface area contributed by atoms with Crippen LogP contribution in [0, 0.1) is 0 Å². The van der Waals surface area contributed by atoms with Crippen LogP contribution in [0.25, 0.3) is 0 Å². The van der Waals surface area contributed by atoms with E-state index in [9.17, 15) is 9.59 Å². The number of carbonyl (C=O) groups excluding carboxylic acids is 2. The van der Waals surface area contributed by atoms with E-state index in [0.29, 0.717) is 40.9 Å². The van der Waals surface area contributed by atoms with E-state index in [0.717, 1.165) is 44.1 Å². The lowest BCUT2D eigenvalue weighted by Gasteiger charge is -2.37. The SMILES string of the molecule is CCC1=C(C(=O)OC)C(c2cc(OC)ccc2OC)N2C(CC(=O)NCCN3CCOCC3)=CSC2=N1. The van der Waals surface area contributed by atoms with Gasteiger partial charge in [-0.05, 0) is 30.0 Å². The van der Waals surface area contributed by atoms with Crippen molar-refractivity contribution in [2.75, 3.05) is 60.7 Å². The lowest BCUT2D eigenvalue weighted by molar-refractivity contribution is -0.136. The van der Waals surface area contributed by atoms with E-state index in [1.54, 1.807) is 20.3 Å². The average molecular weight is 531 g/mol. The van der Waals surface area contributed by atoms with Gasteiger partial charge in [0.15, 0.2) is 5.17 Å². The predicted molar refractivity (Wildman–Crippen MR) is 141 cm³/mol. The molecule has 3 aliphatic heterocycles. The molecule has 10 nitrogen and oxygen atoms in total. The summed E-state index contributed by atoms with van der Waals surface area (Å²) in [7, 11) is 4.54. The minimum atomic E-state index is -0.595. The summed E-state index contributed by atoms with van der Waals surface area (Å²) in [5, 5.41) is 5.65. The number of aliphatic imine (C=N–C) groups is 1. The number of thioether (sulfide) groups is 1. The van der Waals surface area contributed by atoms with Crippen LogP contribution >= 0.6 is 11.8 Å². The van der Waals surface area contributed by atoms with Crippen LogP contribution in [0.2, 0.25) is 0 Å². The van der Waals surface area contributed by atoms with Crippen LogP contribution in [-0.2, 0) is 19.1 Å². The van der Waals surface area contributed by atoms with E-state index in [2.05, 4.69) is 10.2 Å². The van der Waals surface area contributed by atoms with Gasteiger partial charge in [-0.25, -0.2) is 9.79 Å². The maximum atomic E-state index is 13.1. The number of hydrogen-bond donors (Lipinski definition) is 1. The molecule has 4 rings (SSSR count). The van der Waals surface area contributed by atoms with Gasteiger partial charge in [0.2, 0.25) is 5.91 Å². The van der Waals surface area contributed by atoms with Crippen molar-refractivity contribution in [2.24, 2.45) is 4.99 Å². The Hall–Kier alpha value is -3.02. The highest BCUT2D eigenvalue weighted by Gasteiger charge is 2.42. The third kappa shape index (κ3) is 5.94. The fourth-order valence-electron chi connectivity index (χ4n) is 4.66. The average Bonchev–Trinajstić information content (AvgIpc) is 3.33. The van der Waals surface area contributed by atoms with Crippen molar-refractivity contribution in [1.29, 1.82) is 0 Å². The first-order valence-corrected chi connectivity index (χ1v) is 13.2. The Kier molecular flexibility index (Phi) is 9.12. The molecular weight excluding hydrogens is 496 g/mol. The molecule has 1 atom stereocenters. The topological polar surface area (TPSA) is 102 Å². The minimum absolute atomic E-state index is 0.0948. The molecule has 0 saturated carbocycles. The van der Waals surface area contributed by atoms with Crippen molar-refractivity contribution >= 4 is 28.8 Å². The van der Waals surface area contributed by atoms with Gasteiger partial charge < -0.3 is 29.2 Å². The molecule has 1 unspecified atom stereocenters. The molecule has 1 saturated heterocycles. The monoisotopic (exact) mass is 530 g/mol. The number of rotatable bonds is 10. The number of esters is 1.